The quantitative estimate of drug-likeness (QED) is 0.371. The van der Waals surface area contributed by atoms with Crippen molar-refractivity contribution in [2.75, 3.05) is 25.5 Å². The van der Waals surface area contributed by atoms with Crippen LogP contribution < -0.4 is 5.32 Å². The number of nitrogens with one attached hydrogen (secondary N) is 1. The number of anilines is 1. The van der Waals surface area contributed by atoms with E-state index in [1.54, 1.807) is 5.51 Å². The molecule has 3 aromatic heterocycles. The fourth-order valence-electron chi connectivity index (χ4n) is 4.42. The van der Waals surface area contributed by atoms with Crippen LogP contribution in [0.3, 0.4) is 0 Å². The molecule has 1 atom stereocenters. The van der Waals surface area contributed by atoms with Gasteiger partial charge in [-0.2, -0.15) is 0 Å². The molecule has 0 aliphatic carbocycles. The number of carbonyl (C=O) groups is 1. The molecule has 1 fully saturated rings. The van der Waals surface area contributed by atoms with Gasteiger partial charge in [0.15, 0.2) is 11.6 Å². The van der Waals surface area contributed by atoms with Crippen molar-refractivity contribution in [3.63, 3.8) is 0 Å². The maximum atomic E-state index is 13.4. The normalized spacial score (nSPS) is 16.3. The fourth-order valence-corrected chi connectivity index (χ4v) is 5.31. The van der Waals surface area contributed by atoms with Gasteiger partial charge in [-0.05, 0) is 63.3 Å². The van der Waals surface area contributed by atoms with E-state index in [1.807, 2.05) is 31.2 Å². The first-order chi connectivity index (χ1) is 16.0. The van der Waals surface area contributed by atoms with Crippen LogP contribution in [0.2, 0.25) is 5.02 Å². The highest BCUT2D eigenvalue weighted by Gasteiger charge is 2.24. The highest BCUT2D eigenvalue weighted by molar-refractivity contribution is 7.16. The lowest BCUT2D eigenvalue weighted by Crippen LogP contribution is -2.31. The number of thiazole rings is 1. The number of ketones is 1. The molecule has 0 amide bonds. The molecule has 1 aliphatic heterocycles. The zero-order chi connectivity index (χ0) is 22.9. The smallest absolute Gasteiger partial charge is 0.182 e. The average Bonchev–Trinajstić information content (AvgIpc) is 3.30. The van der Waals surface area contributed by atoms with Crippen LogP contribution in [-0.2, 0) is 0 Å². The third-order valence-corrected chi connectivity index (χ3v) is 7.38. The van der Waals surface area contributed by atoms with Crippen LogP contribution in [0.15, 0.2) is 36.1 Å². The molecule has 0 spiro atoms. The summed E-state index contributed by atoms with van der Waals surface area (Å²) in [4.78, 5) is 34.4. The molecule has 9 heteroatoms. The number of piperidine rings is 1. The minimum Gasteiger partial charge on any atom is -0.360 e. The second-order valence-corrected chi connectivity index (χ2v) is 9.94. The Morgan fingerprint density at radius 1 is 1.27 bits per heavy atom. The van der Waals surface area contributed by atoms with Crippen molar-refractivity contribution in [3.05, 3.63) is 52.5 Å². The number of likely N-dealkylation sites (tertiary alicyclic amines) is 1. The summed E-state index contributed by atoms with van der Waals surface area (Å²) >= 11 is 8.01. The lowest BCUT2D eigenvalue weighted by Gasteiger charge is -2.28. The summed E-state index contributed by atoms with van der Waals surface area (Å²) in [6.07, 6.45) is 4.09. The van der Waals surface area contributed by atoms with Crippen molar-refractivity contribution in [1.82, 2.24) is 24.8 Å². The molecule has 170 valence electrons. The molecule has 1 aromatic carbocycles. The molecule has 5 rings (SSSR count). The van der Waals surface area contributed by atoms with Gasteiger partial charge >= 0.3 is 0 Å². The Bertz CT molecular complexity index is 1320. The van der Waals surface area contributed by atoms with Gasteiger partial charge in [0, 0.05) is 11.8 Å². The van der Waals surface area contributed by atoms with Crippen molar-refractivity contribution in [2.24, 2.45) is 5.92 Å². The Morgan fingerprint density at radius 2 is 2.09 bits per heavy atom. The van der Waals surface area contributed by atoms with Gasteiger partial charge in [0.2, 0.25) is 0 Å². The van der Waals surface area contributed by atoms with Gasteiger partial charge in [-0.3, -0.25) is 4.79 Å². The maximum absolute atomic E-state index is 13.4. The van der Waals surface area contributed by atoms with Crippen LogP contribution in [0, 0.1) is 5.92 Å². The molecule has 1 N–H and O–H groups in total. The number of hydrogen-bond donors (Lipinski definition) is 1. The lowest BCUT2D eigenvalue weighted by atomic mass is 9.90. The van der Waals surface area contributed by atoms with Gasteiger partial charge in [0.25, 0.3) is 0 Å². The van der Waals surface area contributed by atoms with Gasteiger partial charge in [-0.1, -0.05) is 23.7 Å². The van der Waals surface area contributed by atoms with E-state index in [1.165, 1.54) is 17.7 Å². The van der Waals surface area contributed by atoms with Crippen molar-refractivity contribution < 1.29 is 4.79 Å². The fraction of sp³-hybridized carbons (Fsp3) is 0.375. The van der Waals surface area contributed by atoms with Gasteiger partial charge in [0.05, 0.1) is 22.3 Å². The number of carbonyl (C=O) groups excluding carboxylic acids is 1. The van der Waals surface area contributed by atoms with E-state index in [9.17, 15) is 4.79 Å². The second kappa shape index (κ2) is 9.29. The monoisotopic (exact) mass is 480 g/mol. The number of Topliss-reactive ketones (excluding diaryl/α,β-unsaturated/α-hetero) is 1. The highest BCUT2D eigenvalue weighted by Crippen LogP contribution is 2.32. The first-order valence-electron chi connectivity index (χ1n) is 11.1. The Balaban J connectivity index is 1.48. The van der Waals surface area contributed by atoms with Crippen LogP contribution in [0.1, 0.15) is 48.4 Å². The Hall–Kier alpha value is -2.68. The van der Waals surface area contributed by atoms with Crippen molar-refractivity contribution >= 4 is 55.7 Å². The molecule has 33 heavy (non-hydrogen) atoms. The van der Waals surface area contributed by atoms with Crippen molar-refractivity contribution in [1.29, 1.82) is 0 Å². The molecule has 0 saturated carbocycles. The summed E-state index contributed by atoms with van der Waals surface area (Å²) in [7, 11) is 2.13. The molecule has 1 saturated heterocycles. The molecular weight excluding hydrogens is 456 g/mol. The minimum absolute atomic E-state index is 0.0561. The number of nitrogens with zero attached hydrogens (tertiary/aromatic N) is 5. The van der Waals surface area contributed by atoms with Crippen LogP contribution in [0.5, 0.6) is 0 Å². The highest BCUT2D eigenvalue weighted by atomic mass is 35.5. The van der Waals surface area contributed by atoms with Crippen LogP contribution in [0.25, 0.3) is 21.1 Å². The number of hydrogen-bond acceptors (Lipinski definition) is 8. The number of aromatic nitrogens is 4. The standard InChI is InChI=1S/C24H25ClN6OS/c1-14(29-23-22-24(27-12-26-23)33-13-28-22)18-11-16-4-3-5-17(25)20(16)21(30-18)19(32)10-15-6-8-31(2)9-7-15/h3-5,11-15H,6-10H2,1-2H3,(H,26,27,29)/t14-/m0/s1. The average molecular weight is 481 g/mol. The van der Waals surface area contributed by atoms with Gasteiger partial charge in [-0.25, -0.2) is 19.9 Å². The number of fused-ring (bicyclic) bond motifs is 2. The molecular formula is C24H25ClN6OS. The first-order valence-corrected chi connectivity index (χ1v) is 12.4. The number of halogens is 1. The van der Waals surface area contributed by atoms with Crippen molar-refractivity contribution in [3.8, 4) is 0 Å². The summed E-state index contributed by atoms with van der Waals surface area (Å²) in [6.45, 7) is 4.06. The van der Waals surface area contributed by atoms with E-state index < -0.39 is 0 Å². The predicted molar refractivity (Wildman–Crippen MR) is 133 cm³/mol. The van der Waals surface area contributed by atoms with Gasteiger partial charge < -0.3 is 10.2 Å². The van der Waals surface area contributed by atoms with Crippen LogP contribution in [0.4, 0.5) is 5.82 Å². The molecule has 0 unspecified atom stereocenters. The van der Waals surface area contributed by atoms with E-state index in [0.717, 1.165) is 52.7 Å². The Morgan fingerprint density at radius 3 is 2.91 bits per heavy atom. The zero-order valence-corrected chi connectivity index (χ0v) is 20.2. The van der Waals surface area contributed by atoms with E-state index in [-0.39, 0.29) is 11.8 Å². The first kappa shape index (κ1) is 22.1. The van der Waals surface area contributed by atoms with Crippen LogP contribution >= 0.6 is 22.9 Å². The second-order valence-electron chi connectivity index (χ2n) is 8.70. The largest absolute Gasteiger partial charge is 0.360 e. The summed E-state index contributed by atoms with van der Waals surface area (Å²) in [5.74, 6) is 1.09. The van der Waals surface area contributed by atoms with Gasteiger partial charge in [0.1, 0.15) is 22.4 Å². The van der Waals surface area contributed by atoms with Crippen molar-refractivity contribution in [2.45, 2.75) is 32.2 Å². The van der Waals surface area contributed by atoms with E-state index in [4.69, 9.17) is 16.6 Å². The van der Waals surface area contributed by atoms with E-state index >= 15 is 0 Å². The number of benzene rings is 1. The number of rotatable bonds is 6. The molecule has 4 aromatic rings. The summed E-state index contributed by atoms with van der Waals surface area (Å²) in [5, 5.41) is 5.60. The van der Waals surface area contributed by atoms with E-state index in [2.05, 4.69) is 32.2 Å². The molecule has 7 nitrogen and oxygen atoms in total. The summed E-state index contributed by atoms with van der Waals surface area (Å²) in [6, 6.07) is 7.50. The molecule has 0 radical (unpaired) electrons. The third-order valence-electron chi connectivity index (χ3n) is 6.33. The minimum atomic E-state index is -0.192. The lowest BCUT2D eigenvalue weighted by molar-refractivity contribution is 0.0933. The maximum Gasteiger partial charge on any atom is 0.182 e. The summed E-state index contributed by atoms with van der Waals surface area (Å²) in [5.41, 5.74) is 3.71. The van der Waals surface area contributed by atoms with E-state index in [0.29, 0.717) is 28.9 Å². The SMILES string of the molecule is C[C@H](Nc1ncnc2scnc12)c1cc2cccc(Cl)c2c(C(=O)CC2CCN(C)CC2)n1. The third kappa shape index (κ3) is 4.55. The summed E-state index contributed by atoms with van der Waals surface area (Å²) < 4.78 is 0. The molecule has 4 heterocycles. The number of pyridine rings is 1. The Kier molecular flexibility index (Phi) is 6.23. The molecule has 1 aliphatic rings. The van der Waals surface area contributed by atoms with Gasteiger partial charge in [-0.15, -0.1) is 11.3 Å². The topological polar surface area (TPSA) is 83.9 Å². The predicted octanol–water partition coefficient (Wildman–Crippen LogP) is 5.38. The molecule has 0 bridgehead atoms. The zero-order valence-electron chi connectivity index (χ0n) is 18.6. The van der Waals surface area contributed by atoms with Crippen LogP contribution in [-0.4, -0.2) is 50.8 Å². The Labute approximate surface area is 201 Å².